The molecular formula is C14H22N2O. The summed E-state index contributed by atoms with van der Waals surface area (Å²) in [6.45, 7) is 2.87. The topological polar surface area (TPSA) is 35.5 Å². The van der Waals surface area contributed by atoms with Crippen LogP contribution in [0.25, 0.3) is 0 Å². The largest absolute Gasteiger partial charge is 0.387 e. The Kier molecular flexibility index (Phi) is 4.54. The number of likely N-dealkylation sites (N-methyl/N-ethyl adjacent to an activating group) is 1. The van der Waals surface area contributed by atoms with Crippen LogP contribution in [0.5, 0.6) is 0 Å². The molecule has 0 aliphatic carbocycles. The molecule has 2 N–H and O–H groups in total. The Labute approximate surface area is 103 Å². The number of aliphatic hydroxyl groups excluding tert-OH is 1. The maximum atomic E-state index is 10.2. The van der Waals surface area contributed by atoms with E-state index in [1.165, 1.54) is 12.8 Å². The summed E-state index contributed by atoms with van der Waals surface area (Å²) >= 11 is 0. The quantitative estimate of drug-likeness (QED) is 0.826. The van der Waals surface area contributed by atoms with Crippen LogP contribution >= 0.6 is 0 Å². The lowest BCUT2D eigenvalue weighted by Crippen LogP contribution is -2.45. The summed E-state index contributed by atoms with van der Waals surface area (Å²) in [4.78, 5) is 2.27. The second-order valence-corrected chi connectivity index (χ2v) is 4.87. The molecule has 0 spiro atoms. The predicted molar refractivity (Wildman–Crippen MR) is 69.9 cm³/mol. The SMILES string of the molecule is CN(CC(O)c1ccccc1)C1CCCNC1. The van der Waals surface area contributed by atoms with Crippen LogP contribution in [0.15, 0.2) is 30.3 Å². The zero-order valence-electron chi connectivity index (χ0n) is 10.5. The van der Waals surface area contributed by atoms with E-state index in [-0.39, 0.29) is 6.10 Å². The van der Waals surface area contributed by atoms with Gasteiger partial charge in [-0.05, 0) is 32.0 Å². The average Bonchev–Trinajstić information content (AvgIpc) is 2.40. The average molecular weight is 234 g/mol. The van der Waals surface area contributed by atoms with E-state index in [9.17, 15) is 5.11 Å². The summed E-state index contributed by atoms with van der Waals surface area (Å²) in [6, 6.07) is 10.4. The van der Waals surface area contributed by atoms with Crippen LogP contribution in [0.3, 0.4) is 0 Å². The van der Waals surface area contributed by atoms with Gasteiger partial charge in [0.25, 0.3) is 0 Å². The number of hydrogen-bond acceptors (Lipinski definition) is 3. The normalized spacial score (nSPS) is 22.6. The number of nitrogens with zero attached hydrogens (tertiary/aromatic N) is 1. The van der Waals surface area contributed by atoms with Gasteiger partial charge in [-0.25, -0.2) is 0 Å². The van der Waals surface area contributed by atoms with E-state index in [1.807, 2.05) is 30.3 Å². The standard InChI is InChI=1S/C14H22N2O/c1-16(13-8-5-9-15-10-13)11-14(17)12-6-3-2-4-7-12/h2-4,6-7,13-15,17H,5,8-11H2,1H3. The zero-order chi connectivity index (χ0) is 12.1. The molecule has 0 bridgehead atoms. The van der Waals surface area contributed by atoms with E-state index in [0.717, 1.165) is 18.7 Å². The number of aliphatic hydroxyl groups is 1. The lowest BCUT2D eigenvalue weighted by atomic mass is 10.0. The summed E-state index contributed by atoms with van der Waals surface area (Å²) in [5, 5.41) is 13.6. The van der Waals surface area contributed by atoms with Crippen molar-refractivity contribution in [2.75, 3.05) is 26.7 Å². The molecule has 0 aromatic heterocycles. The first-order valence-electron chi connectivity index (χ1n) is 6.41. The lowest BCUT2D eigenvalue weighted by molar-refractivity contribution is 0.0955. The molecule has 0 saturated carbocycles. The van der Waals surface area contributed by atoms with Gasteiger partial charge in [0.05, 0.1) is 6.10 Å². The Morgan fingerprint density at radius 3 is 2.82 bits per heavy atom. The molecule has 3 nitrogen and oxygen atoms in total. The zero-order valence-corrected chi connectivity index (χ0v) is 10.5. The Hall–Kier alpha value is -0.900. The number of nitrogens with one attached hydrogen (secondary N) is 1. The van der Waals surface area contributed by atoms with Crippen LogP contribution in [0, 0.1) is 0 Å². The van der Waals surface area contributed by atoms with Gasteiger partial charge in [0, 0.05) is 19.1 Å². The molecule has 2 unspecified atom stereocenters. The second kappa shape index (κ2) is 6.15. The van der Waals surface area contributed by atoms with Crippen molar-refractivity contribution in [2.45, 2.75) is 25.0 Å². The highest BCUT2D eigenvalue weighted by atomic mass is 16.3. The molecule has 94 valence electrons. The first-order valence-corrected chi connectivity index (χ1v) is 6.41. The number of rotatable bonds is 4. The molecule has 1 fully saturated rings. The minimum absolute atomic E-state index is 0.386. The van der Waals surface area contributed by atoms with Gasteiger partial charge in [-0.3, -0.25) is 4.90 Å². The highest BCUT2D eigenvalue weighted by Crippen LogP contribution is 2.16. The smallest absolute Gasteiger partial charge is 0.0916 e. The third kappa shape index (κ3) is 3.53. The number of piperidine rings is 1. The van der Waals surface area contributed by atoms with Gasteiger partial charge >= 0.3 is 0 Å². The van der Waals surface area contributed by atoms with Gasteiger partial charge in [-0.15, -0.1) is 0 Å². The van der Waals surface area contributed by atoms with Gasteiger partial charge < -0.3 is 10.4 Å². The summed E-state index contributed by atoms with van der Waals surface area (Å²) in [5.74, 6) is 0. The number of benzene rings is 1. The van der Waals surface area contributed by atoms with Crippen molar-refractivity contribution in [1.29, 1.82) is 0 Å². The highest BCUT2D eigenvalue weighted by Gasteiger charge is 2.20. The summed E-state index contributed by atoms with van der Waals surface area (Å²) in [6.07, 6.45) is 2.07. The Balaban J connectivity index is 1.87. The van der Waals surface area contributed by atoms with Crippen LogP contribution in [0.1, 0.15) is 24.5 Å². The van der Waals surface area contributed by atoms with E-state index >= 15 is 0 Å². The van der Waals surface area contributed by atoms with E-state index in [4.69, 9.17) is 0 Å². The van der Waals surface area contributed by atoms with Crippen molar-refractivity contribution in [3.63, 3.8) is 0 Å². The molecule has 2 rings (SSSR count). The molecule has 2 atom stereocenters. The van der Waals surface area contributed by atoms with Crippen molar-refractivity contribution >= 4 is 0 Å². The van der Waals surface area contributed by atoms with Crippen LogP contribution < -0.4 is 5.32 Å². The van der Waals surface area contributed by atoms with E-state index in [0.29, 0.717) is 12.6 Å². The summed E-state index contributed by atoms with van der Waals surface area (Å²) in [7, 11) is 2.10. The first-order chi connectivity index (χ1) is 8.27. The minimum atomic E-state index is -0.386. The first kappa shape index (κ1) is 12.6. The van der Waals surface area contributed by atoms with Gasteiger partial charge in [-0.2, -0.15) is 0 Å². The van der Waals surface area contributed by atoms with Crippen molar-refractivity contribution < 1.29 is 5.11 Å². The highest BCUT2D eigenvalue weighted by molar-refractivity contribution is 5.17. The van der Waals surface area contributed by atoms with Crippen molar-refractivity contribution in [1.82, 2.24) is 10.2 Å². The van der Waals surface area contributed by atoms with Crippen LogP contribution in [0.4, 0.5) is 0 Å². The van der Waals surface area contributed by atoms with Crippen molar-refractivity contribution in [3.05, 3.63) is 35.9 Å². The van der Waals surface area contributed by atoms with E-state index < -0.39 is 0 Å². The second-order valence-electron chi connectivity index (χ2n) is 4.87. The van der Waals surface area contributed by atoms with Crippen LogP contribution in [0.2, 0.25) is 0 Å². The molecular weight excluding hydrogens is 212 g/mol. The molecule has 1 aliphatic heterocycles. The molecule has 3 heteroatoms. The van der Waals surface area contributed by atoms with Crippen LogP contribution in [-0.2, 0) is 0 Å². The van der Waals surface area contributed by atoms with Gasteiger partial charge in [0.15, 0.2) is 0 Å². The fraction of sp³-hybridized carbons (Fsp3) is 0.571. The summed E-state index contributed by atoms with van der Waals surface area (Å²) < 4.78 is 0. The molecule has 1 aromatic rings. The summed E-state index contributed by atoms with van der Waals surface area (Å²) in [5.41, 5.74) is 1.00. The molecule has 1 aromatic carbocycles. The molecule has 17 heavy (non-hydrogen) atoms. The number of hydrogen-bond donors (Lipinski definition) is 2. The molecule has 1 heterocycles. The van der Waals surface area contributed by atoms with Gasteiger partial charge in [0.2, 0.25) is 0 Å². The Bertz CT molecular complexity index is 322. The van der Waals surface area contributed by atoms with Crippen molar-refractivity contribution in [2.24, 2.45) is 0 Å². The fourth-order valence-corrected chi connectivity index (χ4v) is 2.41. The third-order valence-corrected chi connectivity index (χ3v) is 3.54. The maximum Gasteiger partial charge on any atom is 0.0916 e. The van der Waals surface area contributed by atoms with Gasteiger partial charge in [-0.1, -0.05) is 30.3 Å². The lowest BCUT2D eigenvalue weighted by Gasteiger charge is -2.33. The Morgan fingerprint density at radius 2 is 2.18 bits per heavy atom. The monoisotopic (exact) mass is 234 g/mol. The Morgan fingerprint density at radius 1 is 1.41 bits per heavy atom. The third-order valence-electron chi connectivity index (χ3n) is 3.54. The van der Waals surface area contributed by atoms with E-state index in [2.05, 4.69) is 17.3 Å². The molecule has 0 radical (unpaired) electrons. The van der Waals surface area contributed by atoms with E-state index in [1.54, 1.807) is 0 Å². The fourth-order valence-electron chi connectivity index (χ4n) is 2.41. The molecule has 0 amide bonds. The molecule has 1 saturated heterocycles. The van der Waals surface area contributed by atoms with Gasteiger partial charge in [0.1, 0.15) is 0 Å². The minimum Gasteiger partial charge on any atom is -0.387 e. The predicted octanol–water partition coefficient (Wildman–Crippen LogP) is 1.40. The molecule has 1 aliphatic rings. The van der Waals surface area contributed by atoms with Crippen LogP contribution in [-0.4, -0.2) is 42.7 Å². The van der Waals surface area contributed by atoms with Crippen molar-refractivity contribution in [3.8, 4) is 0 Å². The maximum absolute atomic E-state index is 10.2.